The van der Waals surface area contributed by atoms with Gasteiger partial charge in [-0.1, -0.05) is 0 Å². The molecule has 0 radical (unpaired) electrons. The Morgan fingerprint density at radius 3 is 2.86 bits per heavy atom. The summed E-state index contributed by atoms with van der Waals surface area (Å²) in [5, 5.41) is 7.92. The molecule has 0 atom stereocenters. The summed E-state index contributed by atoms with van der Waals surface area (Å²) in [7, 11) is 0. The summed E-state index contributed by atoms with van der Waals surface area (Å²) in [6.07, 6.45) is 3.06. The fourth-order valence-corrected chi connectivity index (χ4v) is 3.30. The molecule has 0 fully saturated rings. The molecule has 0 saturated carbocycles. The van der Waals surface area contributed by atoms with Crippen molar-refractivity contribution in [2.45, 2.75) is 26.2 Å². The minimum atomic E-state index is -0.222. The van der Waals surface area contributed by atoms with Crippen molar-refractivity contribution in [2.75, 3.05) is 5.73 Å². The van der Waals surface area contributed by atoms with Crippen molar-refractivity contribution < 1.29 is 4.39 Å². The predicted octanol–water partition coefficient (Wildman–Crippen LogP) is 3.14. The van der Waals surface area contributed by atoms with E-state index in [2.05, 4.69) is 10.2 Å². The van der Waals surface area contributed by atoms with Crippen LogP contribution in [-0.4, -0.2) is 15.2 Å². The fraction of sp³-hybridized carbons (Fsp3) is 0.250. The number of hydrogen-bond donors (Lipinski definition) is 2. The number of halogens is 1. The second kappa shape index (κ2) is 4.28. The number of H-pyrrole nitrogens is 1. The number of fused-ring (bicyclic) bond motifs is 3. The van der Waals surface area contributed by atoms with E-state index in [9.17, 15) is 4.39 Å². The number of nitrogens with zero attached hydrogens (tertiary/aromatic N) is 2. The first kappa shape index (κ1) is 12.3. The molecular weight excluding hydrogens is 267 g/mol. The average Bonchev–Trinajstić information content (AvgIpc) is 3.05. The lowest BCUT2D eigenvalue weighted by Gasteiger charge is -2.11. The molecule has 21 heavy (non-hydrogen) atoms. The highest BCUT2D eigenvalue weighted by atomic mass is 19.1. The predicted molar refractivity (Wildman–Crippen MR) is 80.5 cm³/mol. The van der Waals surface area contributed by atoms with Crippen LogP contribution in [0.2, 0.25) is 0 Å². The van der Waals surface area contributed by atoms with Crippen LogP contribution in [0.1, 0.15) is 23.1 Å². The van der Waals surface area contributed by atoms with Gasteiger partial charge in [-0.3, -0.25) is 5.10 Å². The SMILES string of the molecule is Cc1cc(F)ccc1-c1nc2[nH]nc(N)c2c2c1CCC2. The van der Waals surface area contributed by atoms with Gasteiger partial charge in [-0.2, -0.15) is 5.10 Å². The molecule has 0 spiro atoms. The van der Waals surface area contributed by atoms with Crippen LogP contribution in [0.4, 0.5) is 10.2 Å². The summed E-state index contributed by atoms with van der Waals surface area (Å²) >= 11 is 0. The molecule has 1 aromatic carbocycles. The Bertz CT molecular complexity index is 866. The van der Waals surface area contributed by atoms with E-state index < -0.39 is 0 Å². The number of rotatable bonds is 1. The van der Waals surface area contributed by atoms with Gasteiger partial charge in [-0.25, -0.2) is 9.37 Å². The molecule has 2 heterocycles. The number of nitrogens with one attached hydrogen (secondary N) is 1. The number of aryl methyl sites for hydroxylation is 2. The molecule has 3 N–H and O–H groups in total. The third-order valence-corrected chi connectivity index (χ3v) is 4.25. The van der Waals surface area contributed by atoms with Crippen LogP contribution in [0.15, 0.2) is 18.2 Å². The first-order valence-electron chi connectivity index (χ1n) is 7.07. The Kier molecular flexibility index (Phi) is 2.51. The van der Waals surface area contributed by atoms with Crippen molar-refractivity contribution in [1.29, 1.82) is 0 Å². The summed E-state index contributed by atoms with van der Waals surface area (Å²) in [4.78, 5) is 4.71. The highest BCUT2D eigenvalue weighted by Gasteiger charge is 2.23. The van der Waals surface area contributed by atoms with E-state index in [-0.39, 0.29) is 5.82 Å². The molecule has 0 amide bonds. The second-order valence-corrected chi connectivity index (χ2v) is 5.56. The number of nitrogen functional groups attached to an aromatic ring is 1. The van der Waals surface area contributed by atoms with Gasteiger partial charge >= 0.3 is 0 Å². The van der Waals surface area contributed by atoms with Gasteiger partial charge in [-0.05, 0) is 61.1 Å². The van der Waals surface area contributed by atoms with E-state index in [1.807, 2.05) is 6.92 Å². The third kappa shape index (κ3) is 1.73. The Hall–Kier alpha value is -2.43. The van der Waals surface area contributed by atoms with Crippen molar-refractivity contribution in [3.63, 3.8) is 0 Å². The quantitative estimate of drug-likeness (QED) is 0.720. The summed E-state index contributed by atoms with van der Waals surface area (Å²) in [6.45, 7) is 1.91. The number of anilines is 1. The summed E-state index contributed by atoms with van der Waals surface area (Å²) < 4.78 is 13.3. The maximum absolute atomic E-state index is 13.3. The molecule has 5 heteroatoms. The number of hydrogen-bond acceptors (Lipinski definition) is 3. The fourth-order valence-electron chi connectivity index (χ4n) is 3.30. The summed E-state index contributed by atoms with van der Waals surface area (Å²) in [5.41, 5.74) is 11.9. The van der Waals surface area contributed by atoms with Crippen LogP contribution >= 0.6 is 0 Å². The lowest BCUT2D eigenvalue weighted by atomic mass is 9.97. The van der Waals surface area contributed by atoms with Gasteiger partial charge in [0.25, 0.3) is 0 Å². The van der Waals surface area contributed by atoms with E-state index >= 15 is 0 Å². The van der Waals surface area contributed by atoms with Gasteiger partial charge in [0.2, 0.25) is 0 Å². The zero-order chi connectivity index (χ0) is 14.6. The molecule has 1 aliphatic carbocycles. The zero-order valence-corrected chi connectivity index (χ0v) is 11.7. The maximum atomic E-state index is 13.3. The Morgan fingerprint density at radius 2 is 2.05 bits per heavy atom. The monoisotopic (exact) mass is 282 g/mol. The molecule has 0 saturated heterocycles. The largest absolute Gasteiger partial charge is 0.382 e. The lowest BCUT2D eigenvalue weighted by Crippen LogP contribution is -1.97. The topological polar surface area (TPSA) is 67.6 Å². The van der Waals surface area contributed by atoms with Gasteiger partial charge in [0.1, 0.15) is 5.82 Å². The van der Waals surface area contributed by atoms with Gasteiger partial charge in [0.15, 0.2) is 11.5 Å². The van der Waals surface area contributed by atoms with Crippen LogP contribution in [0.3, 0.4) is 0 Å². The average molecular weight is 282 g/mol. The normalized spacial score (nSPS) is 13.8. The minimum Gasteiger partial charge on any atom is -0.382 e. The standard InChI is InChI=1S/C16H15FN4/c1-8-7-9(17)5-6-10(8)14-12-4-2-3-11(12)13-15(18)20-21-16(13)19-14/h5-7H,2-4H2,1H3,(H3,18,19,20,21). The van der Waals surface area contributed by atoms with E-state index in [0.717, 1.165) is 41.5 Å². The van der Waals surface area contributed by atoms with E-state index in [4.69, 9.17) is 10.7 Å². The highest BCUT2D eigenvalue weighted by Crippen LogP contribution is 2.38. The van der Waals surface area contributed by atoms with Gasteiger partial charge in [0.05, 0.1) is 11.1 Å². The lowest BCUT2D eigenvalue weighted by molar-refractivity contribution is 0.627. The molecule has 0 bridgehead atoms. The molecule has 0 unspecified atom stereocenters. The number of nitrogens with two attached hydrogens (primary N) is 1. The zero-order valence-electron chi connectivity index (χ0n) is 11.7. The van der Waals surface area contributed by atoms with Crippen molar-refractivity contribution in [1.82, 2.24) is 15.2 Å². The number of aromatic nitrogens is 3. The Balaban J connectivity index is 2.06. The summed E-state index contributed by atoms with van der Waals surface area (Å²) in [5.74, 6) is 0.290. The molecular formula is C16H15FN4. The van der Waals surface area contributed by atoms with Crippen LogP contribution in [0, 0.1) is 12.7 Å². The molecule has 106 valence electrons. The molecule has 4 nitrogen and oxygen atoms in total. The number of benzene rings is 1. The van der Waals surface area contributed by atoms with E-state index in [0.29, 0.717) is 11.5 Å². The minimum absolute atomic E-state index is 0.222. The molecule has 4 rings (SSSR count). The van der Waals surface area contributed by atoms with Crippen LogP contribution in [0.25, 0.3) is 22.3 Å². The van der Waals surface area contributed by atoms with Gasteiger partial charge < -0.3 is 5.73 Å². The van der Waals surface area contributed by atoms with Crippen molar-refractivity contribution in [2.24, 2.45) is 0 Å². The number of aromatic amines is 1. The number of pyridine rings is 1. The van der Waals surface area contributed by atoms with Crippen molar-refractivity contribution >= 4 is 16.9 Å². The van der Waals surface area contributed by atoms with Crippen LogP contribution in [0.5, 0.6) is 0 Å². The molecule has 2 aromatic heterocycles. The molecule has 3 aromatic rings. The third-order valence-electron chi connectivity index (χ3n) is 4.25. The smallest absolute Gasteiger partial charge is 0.158 e. The molecule has 0 aliphatic heterocycles. The van der Waals surface area contributed by atoms with E-state index in [1.165, 1.54) is 17.2 Å². The van der Waals surface area contributed by atoms with E-state index in [1.54, 1.807) is 12.1 Å². The maximum Gasteiger partial charge on any atom is 0.158 e. The van der Waals surface area contributed by atoms with Crippen LogP contribution in [-0.2, 0) is 12.8 Å². The van der Waals surface area contributed by atoms with Crippen LogP contribution < -0.4 is 5.73 Å². The molecule has 1 aliphatic rings. The highest BCUT2D eigenvalue weighted by molar-refractivity contribution is 5.93. The summed E-state index contributed by atoms with van der Waals surface area (Å²) in [6, 6.07) is 4.83. The Labute approximate surface area is 121 Å². The van der Waals surface area contributed by atoms with Crippen molar-refractivity contribution in [3.05, 3.63) is 40.7 Å². The van der Waals surface area contributed by atoms with Gasteiger partial charge in [0, 0.05) is 5.56 Å². The van der Waals surface area contributed by atoms with Crippen molar-refractivity contribution in [3.8, 4) is 11.3 Å². The second-order valence-electron chi connectivity index (χ2n) is 5.56. The first-order valence-corrected chi connectivity index (χ1v) is 7.07. The Morgan fingerprint density at radius 1 is 1.24 bits per heavy atom. The van der Waals surface area contributed by atoms with Gasteiger partial charge in [-0.15, -0.1) is 0 Å². The first-order chi connectivity index (χ1) is 10.1.